The van der Waals surface area contributed by atoms with Crippen molar-refractivity contribution in [2.45, 2.75) is 57.3 Å². The standard InChI is InChI=1S/C21H26N4O3/c26-21(18-12-19(28-24-18)15-5-6-15)25-9-7-14(8-10-25)13-27-20-11-16-3-1-2-4-17(16)22-23-20/h11-12,14-15H,1-10,13H2. The molecule has 2 fully saturated rings. The average molecular weight is 382 g/mol. The van der Waals surface area contributed by atoms with Crippen LogP contribution < -0.4 is 4.74 Å². The van der Waals surface area contributed by atoms with Crippen molar-refractivity contribution in [3.63, 3.8) is 0 Å². The molecule has 5 rings (SSSR count). The fraction of sp³-hybridized carbons (Fsp3) is 0.619. The zero-order chi connectivity index (χ0) is 18.9. The van der Waals surface area contributed by atoms with Crippen molar-refractivity contribution in [2.24, 2.45) is 5.92 Å². The minimum absolute atomic E-state index is 0.0180. The molecule has 1 saturated carbocycles. The molecular weight excluding hydrogens is 356 g/mol. The highest BCUT2D eigenvalue weighted by Gasteiger charge is 2.31. The molecule has 7 heteroatoms. The summed E-state index contributed by atoms with van der Waals surface area (Å²) in [5.41, 5.74) is 2.86. The summed E-state index contributed by atoms with van der Waals surface area (Å²) in [6.07, 6.45) is 8.67. The normalized spacial score (nSPS) is 20.1. The number of fused-ring (bicyclic) bond motifs is 1. The summed E-state index contributed by atoms with van der Waals surface area (Å²) in [4.78, 5) is 14.5. The predicted octanol–water partition coefficient (Wildman–Crippen LogP) is 3.15. The van der Waals surface area contributed by atoms with Crippen molar-refractivity contribution < 1.29 is 14.1 Å². The zero-order valence-electron chi connectivity index (χ0n) is 16.1. The van der Waals surface area contributed by atoms with Crippen molar-refractivity contribution in [1.82, 2.24) is 20.3 Å². The first-order valence-electron chi connectivity index (χ1n) is 10.5. The number of nitrogens with zero attached hydrogens (tertiary/aromatic N) is 4. The molecular formula is C21H26N4O3. The largest absolute Gasteiger partial charge is 0.476 e. The number of aromatic nitrogens is 3. The van der Waals surface area contributed by atoms with E-state index in [9.17, 15) is 4.79 Å². The van der Waals surface area contributed by atoms with E-state index in [0.717, 1.165) is 63.1 Å². The Morgan fingerprint density at radius 1 is 1.11 bits per heavy atom. The molecule has 0 unspecified atom stereocenters. The quantitative estimate of drug-likeness (QED) is 0.790. The molecule has 0 bridgehead atoms. The summed E-state index contributed by atoms with van der Waals surface area (Å²) in [6.45, 7) is 2.09. The Morgan fingerprint density at radius 3 is 2.75 bits per heavy atom. The molecule has 148 valence electrons. The van der Waals surface area contributed by atoms with Crippen LogP contribution >= 0.6 is 0 Å². The minimum Gasteiger partial charge on any atom is -0.476 e. The van der Waals surface area contributed by atoms with E-state index >= 15 is 0 Å². The SMILES string of the molecule is O=C(c1cc(C2CC2)on1)N1CCC(COc2cc3c(nn2)CCCC3)CC1. The maximum atomic E-state index is 12.6. The van der Waals surface area contributed by atoms with Gasteiger partial charge in [-0.25, -0.2) is 0 Å². The number of amides is 1. The van der Waals surface area contributed by atoms with Crippen molar-refractivity contribution in [2.75, 3.05) is 19.7 Å². The maximum Gasteiger partial charge on any atom is 0.276 e. The Balaban J connectivity index is 1.11. The van der Waals surface area contributed by atoms with Crippen molar-refractivity contribution in [3.05, 3.63) is 34.8 Å². The van der Waals surface area contributed by atoms with Crippen LogP contribution in [0.2, 0.25) is 0 Å². The lowest BCUT2D eigenvalue weighted by Crippen LogP contribution is -2.39. The van der Waals surface area contributed by atoms with Crippen molar-refractivity contribution in [3.8, 4) is 5.88 Å². The Bertz CT molecular complexity index is 853. The molecule has 1 aliphatic heterocycles. The van der Waals surface area contributed by atoms with Crippen LogP contribution in [0.4, 0.5) is 0 Å². The minimum atomic E-state index is -0.0180. The molecule has 0 N–H and O–H groups in total. The molecule has 0 atom stereocenters. The maximum absolute atomic E-state index is 12.6. The molecule has 2 aromatic heterocycles. The van der Waals surface area contributed by atoms with E-state index in [4.69, 9.17) is 9.26 Å². The molecule has 1 saturated heterocycles. The first-order chi connectivity index (χ1) is 13.8. The molecule has 0 aromatic carbocycles. The Morgan fingerprint density at radius 2 is 1.93 bits per heavy atom. The zero-order valence-corrected chi connectivity index (χ0v) is 16.1. The summed E-state index contributed by atoms with van der Waals surface area (Å²) in [7, 11) is 0. The molecule has 2 aliphatic carbocycles. The summed E-state index contributed by atoms with van der Waals surface area (Å²) >= 11 is 0. The molecule has 1 amide bonds. The Hall–Kier alpha value is -2.44. The third kappa shape index (κ3) is 3.75. The van der Waals surface area contributed by atoms with Gasteiger partial charge >= 0.3 is 0 Å². The van der Waals surface area contributed by atoms with Crippen LogP contribution in [0.5, 0.6) is 5.88 Å². The van der Waals surface area contributed by atoms with Gasteiger partial charge in [-0.3, -0.25) is 4.79 Å². The lowest BCUT2D eigenvalue weighted by molar-refractivity contribution is 0.0648. The molecule has 0 spiro atoms. The molecule has 28 heavy (non-hydrogen) atoms. The van der Waals surface area contributed by atoms with Gasteiger partial charge in [0.15, 0.2) is 5.69 Å². The summed E-state index contributed by atoms with van der Waals surface area (Å²) < 4.78 is 11.2. The van der Waals surface area contributed by atoms with Gasteiger partial charge in [-0.1, -0.05) is 5.16 Å². The van der Waals surface area contributed by atoms with Crippen LogP contribution in [0, 0.1) is 5.92 Å². The van der Waals surface area contributed by atoms with Gasteiger partial charge in [-0.2, -0.15) is 5.10 Å². The number of piperidine rings is 1. The van der Waals surface area contributed by atoms with Crippen LogP contribution in [0.25, 0.3) is 0 Å². The third-order valence-corrected chi connectivity index (χ3v) is 6.14. The highest BCUT2D eigenvalue weighted by molar-refractivity contribution is 5.92. The lowest BCUT2D eigenvalue weighted by atomic mass is 9.97. The van der Waals surface area contributed by atoms with Crippen LogP contribution in [0.15, 0.2) is 16.7 Å². The number of likely N-dealkylation sites (tertiary alicyclic amines) is 1. The summed E-state index contributed by atoms with van der Waals surface area (Å²) in [5, 5.41) is 12.5. The van der Waals surface area contributed by atoms with Gasteiger partial charge in [-0.05, 0) is 62.8 Å². The number of carbonyl (C=O) groups excluding carboxylic acids is 1. The lowest BCUT2D eigenvalue weighted by Gasteiger charge is -2.31. The van der Waals surface area contributed by atoms with Crippen LogP contribution in [-0.2, 0) is 12.8 Å². The molecule has 7 nitrogen and oxygen atoms in total. The van der Waals surface area contributed by atoms with E-state index < -0.39 is 0 Å². The molecule has 3 aliphatic rings. The molecule has 2 aromatic rings. The van der Waals surface area contributed by atoms with Gasteiger partial charge in [-0.15, -0.1) is 5.10 Å². The molecule has 0 radical (unpaired) electrons. The van der Waals surface area contributed by atoms with E-state index in [0.29, 0.717) is 30.0 Å². The van der Waals surface area contributed by atoms with Gasteiger partial charge < -0.3 is 14.2 Å². The predicted molar refractivity (Wildman–Crippen MR) is 101 cm³/mol. The first kappa shape index (κ1) is 17.6. The topological polar surface area (TPSA) is 81.4 Å². The fourth-order valence-corrected chi connectivity index (χ4v) is 4.16. The van der Waals surface area contributed by atoms with Gasteiger partial charge in [0.05, 0.1) is 12.3 Å². The fourth-order valence-electron chi connectivity index (χ4n) is 4.16. The van der Waals surface area contributed by atoms with E-state index in [1.165, 1.54) is 18.4 Å². The van der Waals surface area contributed by atoms with Gasteiger partial charge in [0.25, 0.3) is 5.91 Å². The number of aryl methyl sites for hydroxylation is 2. The van der Waals surface area contributed by atoms with Crippen LogP contribution in [0.1, 0.15) is 71.9 Å². The number of hydrogen-bond donors (Lipinski definition) is 0. The van der Waals surface area contributed by atoms with E-state index in [2.05, 4.69) is 21.4 Å². The van der Waals surface area contributed by atoms with E-state index in [-0.39, 0.29) is 5.91 Å². The van der Waals surface area contributed by atoms with Crippen LogP contribution in [-0.4, -0.2) is 45.9 Å². The smallest absolute Gasteiger partial charge is 0.276 e. The third-order valence-electron chi connectivity index (χ3n) is 6.14. The van der Waals surface area contributed by atoms with Gasteiger partial charge in [0.2, 0.25) is 5.88 Å². The Kier molecular flexibility index (Phi) is 4.74. The highest BCUT2D eigenvalue weighted by Crippen LogP contribution is 2.40. The van der Waals surface area contributed by atoms with Crippen LogP contribution in [0.3, 0.4) is 0 Å². The highest BCUT2D eigenvalue weighted by atomic mass is 16.5. The Labute approximate surface area is 164 Å². The van der Waals surface area contributed by atoms with E-state index in [1.807, 2.05) is 11.0 Å². The molecule has 3 heterocycles. The first-order valence-corrected chi connectivity index (χ1v) is 10.5. The number of hydrogen-bond acceptors (Lipinski definition) is 6. The second-order valence-electron chi connectivity index (χ2n) is 8.30. The summed E-state index contributed by atoms with van der Waals surface area (Å²) in [6, 6.07) is 3.88. The van der Waals surface area contributed by atoms with E-state index in [1.54, 1.807) is 0 Å². The number of rotatable bonds is 5. The number of carbonyl (C=O) groups is 1. The van der Waals surface area contributed by atoms with Gasteiger partial charge in [0.1, 0.15) is 5.76 Å². The van der Waals surface area contributed by atoms with Crippen molar-refractivity contribution >= 4 is 5.91 Å². The second kappa shape index (κ2) is 7.53. The second-order valence-corrected chi connectivity index (χ2v) is 8.30. The summed E-state index contributed by atoms with van der Waals surface area (Å²) in [5.74, 6) is 2.38. The van der Waals surface area contributed by atoms with Crippen molar-refractivity contribution in [1.29, 1.82) is 0 Å². The number of ether oxygens (including phenoxy) is 1. The van der Waals surface area contributed by atoms with Gasteiger partial charge in [0, 0.05) is 31.1 Å². The average Bonchev–Trinajstić information content (AvgIpc) is 3.48. The monoisotopic (exact) mass is 382 g/mol.